The first-order valence-corrected chi connectivity index (χ1v) is 5.04. The standard InChI is InChI=1S/C10H23NO2/c1-5-9(6-2)7-11-8-10(12-3)13-4/h9-11H,5-8H2,1-4H3. The van der Waals surface area contributed by atoms with Gasteiger partial charge in [-0.2, -0.15) is 0 Å². The van der Waals surface area contributed by atoms with E-state index in [0.29, 0.717) is 0 Å². The lowest BCUT2D eigenvalue weighted by Crippen LogP contribution is -2.32. The van der Waals surface area contributed by atoms with Gasteiger partial charge >= 0.3 is 0 Å². The number of rotatable bonds is 8. The molecule has 0 spiro atoms. The minimum atomic E-state index is -0.116. The zero-order chi connectivity index (χ0) is 10.1. The normalized spacial score (nSPS) is 11.5. The zero-order valence-corrected chi connectivity index (χ0v) is 9.30. The van der Waals surface area contributed by atoms with Gasteiger partial charge in [0, 0.05) is 20.8 Å². The van der Waals surface area contributed by atoms with Crippen LogP contribution in [0.2, 0.25) is 0 Å². The van der Waals surface area contributed by atoms with Gasteiger partial charge in [-0.3, -0.25) is 0 Å². The van der Waals surface area contributed by atoms with Crippen molar-refractivity contribution in [2.75, 3.05) is 27.3 Å². The van der Waals surface area contributed by atoms with Crippen LogP contribution in [0.1, 0.15) is 26.7 Å². The van der Waals surface area contributed by atoms with Crippen molar-refractivity contribution < 1.29 is 9.47 Å². The maximum atomic E-state index is 5.06. The Hall–Kier alpha value is -0.120. The van der Waals surface area contributed by atoms with Gasteiger partial charge in [0.05, 0.1) is 0 Å². The Morgan fingerprint density at radius 2 is 1.54 bits per heavy atom. The maximum absolute atomic E-state index is 5.06. The van der Waals surface area contributed by atoms with Gasteiger partial charge in [0.25, 0.3) is 0 Å². The highest BCUT2D eigenvalue weighted by molar-refractivity contribution is 4.59. The number of ether oxygens (including phenoxy) is 2. The van der Waals surface area contributed by atoms with Crippen molar-refractivity contribution in [2.45, 2.75) is 33.0 Å². The molecule has 0 fully saturated rings. The molecule has 0 aliphatic carbocycles. The summed E-state index contributed by atoms with van der Waals surface area (Å²) in [6.45, 7) is 6.26. The zero-order valence-electron chi connectivity index (χ0n) is 9.30. The molecule has 0 aromatic carbocycles. The van der Waals surface area contributed by atoms with E-state index in [4.69, 9.17) is 9.47 Å². The molecule has 0 saturated heterocycles. The molecule has 0 aromatic heterocycles. The summed E-state index contributed by atoms with van der Waals surface area (Å²) >= 11 is 0. The molecule has 0 rings (SSSR count). The van der Waals surface area contributed by atoms with Crippen LogP contribution in [-0.2, 0) is 9.47 Å². The van der Waals surface area contributed by atoms with Gasteiger partial charge in [0.2, 0.25) is 0 Å². The third kappa shape index (κ3) is 6.02. The van der Waals surface area contributed by atoms with Crippen molar-refractivity contribution in [3.8, 4) is 0 Å². The highest BCUT2D eigenvalue weighted by Gasteiger charge is 2.06. The van der Waals surface area contributed by atoms with Crippen molar-refractivity contribution in [2.24, 2.45) is 5.92 Å². The van der Waals surface area contributed by atoms with E-state index in [-0.39, 0.29) is 6.29 Å². The number of hydrogen-bond acceptors (Lipinski definition) is 3. The first kappa shape index (κ1) is 12.9. The summed E-state index contributed by atoms with van der Waals surface area (Å²) in [5.74, 6) is 0.773. The van der Waals surface area contributed by atoms with Gasteiger partial charge in [-0.15, -0.1) is 0 Å². The Bertz CT molecular complexity index is 89.1. The van der Waals surface area contributed by atoms with Gasteiger partial charge in [0.1, 0.15) is 0 Å². The second kappa shape index (κ2) is 8.48. The second-order valence-electron chi connectivity index (χ2n) is 3.24. The van der Waals surface area contributed by atoms with Crippen LogP contribution in [0.3, 0.4) is 0 Å². The average Bonchev–Trinajstić information content (AvgIpc) is 2.19. The number of hydrogen-bond donors (Lipinski definition) is 1. The van der Waals surface area contributed by atoms with E-state index in [0.717, 1.165) is 19.0 Å². The van der Waals surface area contributed by atoms with E-state index in [1.54, 1.807) is 14.2 Å². The SMILES string of the molecule is CCC(CC)CNCC(OC)OC. The van der Waals surface area contributed by atoms with Crippen LogP contribution in [0.4, 0.5) is 0 Å². The summed E-state index contributed by atoms with van der Waals surface area (Å²) < 4.78 is 10.1. The molecular formula is C10H23NO2. The van der Waals surface area contributed by atoms with Gasteiger partial charge in [-0.05, 0) is 12.5 Å². The van der Waals surface area contributed by atoms with Crippen molar-refractivity contribution in [1.82, 2.24) is 5.32 Å². The van der Waals surface area contributed by atoms with Crippen LogP contribution in [0.25, 0.3) is 0 Å². The topological polar surface area (TPSA) is 30.5 Å². The molecule has 0 atom stereocenters. The van der Waals surface area contributed by atoms with Crippen molar-refractivity contribution >= 4 is 0 Å². The van der Waals surface area contributed by atoms with E-state index in [1.807, 2.05) is 0 Å². The molecule has 0 aliphatic heterocycles. The molecule has 0 aromatic rings. The first-order chi connectivity index (χ1) is 6.28. The van der Waals surface area contributed by atoms with E-state index in [9.17, 15) is 0 Å². The molecule has 0 heterocycles. The minimum absolute atomic E-state index is 0.116. The number of nitrogens with one attached hydrogen (secondary N) is 1. The molecule has 13 heavy (non-hydrogen) atoms. The van der Waals surface area contributed by atoms with E-state index < -0.39 is 0 Å². The Kier molecular flexibility index (Phi) is 8.40. The summed E-state index contributed by atoms with van der Waals surface area (Å²) in [7, 11) is 3.32. The monoisotopic (exact) mass is 189 g/mol. The average molecular weight is 189 g/mol. The van der Waals surface area contributed by atoms with Gasteiger partial charge in [0.15, 0.2) is 6.29 Å². The molecule has 0 unspecified atom stereocenters. The van der Waals surface area contributed by atoms with Crippen molar-refractivity contribution in [1.29, 1.82) is 0 Å². The first-order valence-electron chi connectivity index (χ1n) is 5.04. The lowest BCUT2D eigenvalue weighted by atomic mass is 10.0. The van der Waals surface area contributed by atoms with Gasteiger partial charge in [-0.25, -0.2) is 0 Å². The van der Waals surface area contributed by atoms with Crippen LogP contribution >= 0.6 is 0 Å². The highest BCUT2D eigenvalue weighted by atomic mass is 16.7. The van der Waals surface area contributed by atoms with Crippen molar-refractivity contribution in [3.05, 3.63) is 0 Å². The summed E-state index contributed by atoms with van der Waals surface area (Å²) in [6, 6.07) is 0. The molecule has 1 N–H and O–H groups in total. The molecule has 0 saturated carbocycles. The van der Waals surface area contributed by atoms with Crippen LogP contribution in [0.5, 0.6) is 0 Å². The summed E-state index contributed by atoms with van der Waals surface area (Å²) in [5, 5.41) is 3.34. The second-order valence-corrected chi connectivity index (χ2v) is 3.24. The quantitative estimate of drug-likeness (QED) is 0.589. The van der Waals surface area contributed by atoms with Crippen LogP contribution < -0.4 is 5.32 Å². The summed E-state index contributed by atoms with van der Waals surface area (Å²) in [4.78, 5) is 0. The van der Waals surface area contributed by atoms with E-state index in [2.05, 4.69) is 19.2 Å². The fourth-order valence-electron chi connectivity index (χ4n) is 1.25. The van der Waals surface area contributed by atoms with Crippen LogP contribution in [0.15, 0.2) is 0 Å². The Balaban J connectivity index is 3.41. The predicted molar refractivity (Wildman–Crippen MR) is 54.7 cm³/mol. The van der Waals surface area contributed by atoms with Gasteiger partial charge < -0.3 is 14.8 Å². The van der Waals surface area contributed by atoms with E-state index in [1.165, 1.54) is 12.8 Å². The molecule has 3 heteroatoms. The largest absolute Gasteiger partial charge is 0.355 e. The molecule has 0 radical (unpaired) electrons. The lowest BCUT2D eigenvalue weighted by Gasteiger charge is -2.17. The molecule has 0 aliphatic rings. The lowest BCUT2D eigenvalue weighted by molar-refractivity contribution is -0.0989. The predicted octanol–water partition coefficient (Wildman–Crippen LogP) is 1.63. The molecule has 0 amide bonds. The Morgan fingerprint density at radius 3 is 1.92 bits per heavy atom. The summed E-state index contributed by atoms with van der Waals surface area (Å²) in [5.41, 5.74) is 0. The fourth-order valence-corrected chi connectivity index (χ4v) is 1.25. The third-order valence-corrected chi connectivity index (χ3v) is 2.42. The van der Waals surface area contributed by atoms with Crippen LogP contribution in [0, 0.1) is 5.92 Å². The Morgan fingerprint density at radius 1 is 1.00 bits per heavy atom. The molecule has 0 bridgehead atoms. The highest BCUT2D eigenvalue weighted by Crippen LogP contribution is 2.04. The molecular weight excluding hydrogens is 166 g/mol. The summed E-state index contributed by atoms with van der Waals surface area (Å²) in [6.07, 6.45) is 2.34. The third-order valence-electron chi connectivity index (χ3n) is 2.42. The fraction of sp³-hybridized carbons (Fsp3) is 1.00. The van der Waals surface area contributed by atoms with Gasteiger partial charge in [-0.1, -0.05) is 26.7 Å². The Labute approximate surface area is 81.8 Å². The smallest absolute Gasteiger partial charge is 0.169 e. The van der Waals surface area contributed by atoms with Crippen LogP contribution in [-0.4, -0.2) is 33.6 Å². The van der Waals surface area contributed by atoms with Crippen molar-refractivity contribution in [3.63, 3.8) is 0 Å². The maximum Gasteiger partial charge on any atom is 0.169 e. The minimum Gasteiger partial charge on any atom is -0.355 e. The van der Waals surface area contributed by atoms with E-state index >= 15 is 0 Å². The number of methoxy groups -OCH3 is 2. The molecule has 80 valence electrons. The molecule has 3 nitrogen and oxygen atoms in total.